The van der Waals surface area contributed by atoms with E-state index in [1.54, 1.807) is 48.5 Å². The summed E-state index contributed by atoms with van der Waals surface area (Å²) >= 11 is 0. The molecule has 0 unspecified atom stereocenters. The normalized spacial score (nSPS) is 20.7. The van der Waals surface area contributed by atoms with Crippen molar-refractivity contribution in [1.82, 2.24) is 0 Å². The third-order valence-electron chi connectivity index (χ3n) is 9.16. The summed E-state index contributed by atoms with van der Waals surface area (Å²) in [5.74, 6) is -5.36. The maximum absolute atomic E-state index is 13.9. The number of benzene rings is 3. The number of ether oxygens (including phenoxy) is 1. The van der Waals surface area contributed by atoms with Crippen molar-refractivity contribution in [2.45, 2.75) is 51.1 Å². The summed E-state index contributed by atoms with van der Waals surface area (Å²) < 4.78 is 88.1. The van der Waals surface area contributed by atoms with Gasteiger partial charge in [0.2, 0.25) is 11.8 Å². The highest BCUT2D eigenvalue weighted by Gasteiger charge is 2.56. The maximum atomic E-state index is 13.9. The van der Waals surface area contributed by atoms with E-state index < -0.39 is 71.4 Å². The summed E-state index contributed by atoms with van der Waals surface area (Å²) in [4.78, 5) is 28.0. The van der Waals surface area contributed by atoms with Gasteiger partial charge in [0.25, 0.3) is 0 Å². The van der Waals surface area contributed by atoms with Crippen molar-refractivity contribution in [3.05, 3.63) is 106 Å². The molecule has 5 rings (SSSR count). The molecule has 0 aromatic heterocycles. The molecule has 266 valence electrons. The first-order chi connectivity index (χ1) is 23.6. The number of aromatic hydroxyl groups is 1. The number of carbonyl (C=O) groups is 2. The third-order valence-corrected chi connectivity index (χ3v) is 9.16. The Balaban J connectivity index is 1.51. The number of amides is 2. The molecule has 0 spiro atoms. The van der Waals surface area contributed by atoms with E-state index >= 15 is 0 Å². The number of carbonyl (C=O) groups excluding carboxylic acids is 2. The Labute approximate surface area is 284 Å². The van der Waals surface area contributed by atoms with Gasteiger partial charge < -0.3 is 20.1 Å². The maximum Gasteiger partial charge on any atom is 0.416 e. The highest BCUT2D eigenvalue weighted by atomic mass is 19.4. The summed E-state index contributed by atoms with van der Waals surface area (Å²) in [5.41, 5.74) is -1.99. The number of aliphatic hydroxyl groups is 2. The lowest BCUT2D eigenvalue weighted by Crippen LogP contribution is -2.40. The highest BCUT2D eigenvalue weighted by Crippen LogP contribution is 2.48. The molecule has 7 nitrogen and oxygen atoms in total. The van der Waals surface area contributed by atoms with Gasteiger partial charge >= 0.3 is 12.4 Å². The SMILES string of the molecule is CC/C(=C\c1cccc(O)c1)CC[C@@H](O)C1=C(COc2ccccc2)C[C@H]2C(=O)N(c3cc(C(F)(F)F)cc(C(F)(F)F)c3)C(=O)[C@H]2[C@H]1CO. The van der Waals surface area contributed by atoms with Crippen molar-refractivity contribution >= 4 is 23.6 Å². The summed E-state index contributed by atoms with van der Waals surface area (Å²) in [7, 11) is 0. The molecule has 3 N–H and O–H groups in total. The minimum absolute atomic E-state index is 0.0783. The first kappa shape index (κ1) is 36.7. The fraction of sp³-hybridized carbons (Fsp3) is 0.351. The zero-order valence-corrected chi connectivity index (χ0v) is 26.8. The van der Waals surface area contributed by atoms with Crippen LogP contribution in [0.4, 0.5) is 32.0 Å². The molecule has 0 saturated carbocycles. The average Bonchev–Trinajstić information content (AvgIpc) is 3.32. The zero-order valence-electron chi connectivity index (χ0n) is 26.8. The van der Waals surface area contributed by atoms with Gasteiger partial charge in [-0.3, -0.25) is 9.59 Å². The predicted molar refractivity (Wildman–Crippen MR) is 172 cm³/mol. The predicted octanol–water partition coefficient (Wildman–Crippen LogP) is 7.56. The van der Waals surface area contributed by atoms with E-state index in [-0.39, 0.29) is 36.8 Å². The number of rotatable bonds is 11. The van der Waals surface area contributed by atoms with Crippen molar-refractivity contribution in [2.24, 2.45) is 17.8 Å². The number of halogens is 6. The molecule has 3 aromatic rings. The van der Waals surface area contributed by atoms with Crippen molar-refractivity contribution in [1.29, 1.82) is 0 Å². The molecule has 1 saturated heterocycles. The van der Waals surface area contributed by atoms with E-state index in [0.29, 0.717) is 41.2 Å². The van der Waals surface area contributed by atoms with Crippen LogP contribution in [0.15, 0.2) is 89.5 Å². The number of para-hydroxylation sites is 1. The van der Waals surface area contributed by atoms with Gasteiger partial charge in [0, 0.05) is 5.92 Å². The molecule has 50 heavy (non-hydrogen) atoms. The van der Waals surface area contributed by atoms with Crippen LogP contribution in [-0.4, -0.2) is 46.5 Å². The molecule has 1 heterocycles. The molecule has 1 aliphatic heterocycles. The largest absolute Gasteiger partial charge is 0.508 e. The van der Waals surface area contributed by atoms with E-state index in [1.807, 2.05) is 13.0 Å². The number of imide groups is 1. The number of allylic oxidation sites excluding steroid dienone is 1. The molecule has 1 fully saturated rings. The number of aliphatic hydroxyl groups excluding tert-OH is 2. The van der Waals surface area contributed by atoms with Gasteiger partial charge in [-0.1, -0.05) is 48.9 Å². The first-order valence-electron chi connectivity index (χ1n) is 16.0. The second-order valence-electron chi connectivity index (χ2n) is 12.4. The van der Waals surface area contributed by atoms with Crippen molar-refractivity contribution < 1.29 is 56.0 Å². The fourth-order valence-corrected chi connectivity index (χ4v) is 6.78. The Morgan fingerprint density at radius 2 is 1.60 bits per heavy atom. The van der Waals surface area contributed by atoms with Crippen LogP contribution in [0.5, 0.6) is 11.5 Å². The van der Waals surface area contributed by atoms with Crippen LogP contribution >= 0.6 is 0 Å². The van der Waals surface area contributed by atoms with Crippen LogP contribution in [0.1, 0.15) is 49.3 Å². The van der Waals surface area contributed by atoms with Gasteiger partial charge in [0.15, 0.2) is 0 Å². The number of hydrogen-bond donors (Lipinski definition) is 3. The van der Waals surface area contributed by atoms with E-state index in [0.717, 1.165) is 11.1 Å². The third kappa shape index (κ3) is 7.89. The monoisotopic (exact) mass is 703 g/mol. The molecule has 4 atom stereocenters. The number of alkyl halides is 6. The molecule has 3 aromatic carbocycles. The second-order valence-corrected chi connectivity index (χ2v) is 12.4. The Morgan fingerprint density at radius 3 is 2.18 bits per heavy atom. The number of phenolic OH excluding ortho intramolecular Hbond substituents is 1. The topological polar surface area (TPSA) is 107 Å². The fourth-order valence-electron chi connectivity index (χ4n) is 6.78. The standard InChI is InChI=1S/C37H35F6NO6/c1-2-21(13-22-7-6-8-27(46)14-22)11-12-31(47)32-23(20-50-28-9-4-3-5-10-28)15-29-33(30(32)19-45)35(49)44(34(29)48)26-17-24(36(38,39)40)16-25(18-26)37(41,42)43/h3-10,13-14,16-18,29-31,33,45-47H,2,11-12,15,19-20H2,1H3/b21-13+/t29-,30+,31-,33-/m1/s1. The van der Waals surface area contributed by atoms with Gasteiger partial charge in [-0.15, -0.1) is 0 Å². The molecule has 0 bridgehead atoms. The summed E-state index contributed by atoms with van der Waals surface area (Å²) in [6.45, 7) is 1.00. The highest BCUT2D eigenvalue weighted by molar-refractivity contribution is 6.22. The number of anilines is 1. The summed E-state index contributed by atoms with van der Waals surface area (Å²) in [6.07, 6.45) is -8.94. The quantitative estimate of drug-likeness (QED) is 0.108. The molecule has 2 aliphatic rings. The number of fused-ring (bicyclic) bond motifs is 1. The van der Waals surface area contributed by atoms with E-state index in [2.05, 4.69) is 0 Å². The van der Waals surface area contributed by atoms with Crippen LogP contribution in [0.25, 0.3) is 6.08 Å². The van der Waals surface area contributed by atoms with Crippen molar-refractivity contribution in [2.75, 3.05) is 18.1 Å². The Kier molecular flexibility index (Phi) is 10.8. The van der Waals surface area contributed by atoms with Gasteiger partial charge in [0.1, 0.15) is 18.1 Å². The minimum Gasteiger partial charge on any atom is -0.508 e. The van der Waals surface area contributed by atoms with E-state index in [1.165, 1.54) is 6.07 Å². The number of hydrogen-bond acceptors (Lipinski definition) is 6. The lowest BCUT2D eigenvalue weighted by atomic mass is 9.68. The molecule has 1 aliphatic carbocycles. The molecule has 2 amide bonds. The zero-order chi connectivity index (χ0) is 36.4. The molecular weight excluding hydrogens is 668 g/mol. The van der Waals surface area contributed by atoms with Crippen LogP contribution in [0.3, 0.4) is 0 Å². The molecular formula is C37H35F6NO6. The van der Waals surface area contributed by atoms with Crippen LogP contribution in [0.2, 0.25) is 0 Å². The van der Waals surface area contributed by atoms with E-state index in [9.17, 15) is 51.3 Å². The Bertz CT molecular complexity index is 1750. The average molecular weight is 704 g/mol. The Hall–Kier alpha value is -4.62. The summed E-state index contributed by atoms with van der Waals surface area (Å²) in [5, 5.41) is 32.2. The summed E-state index contributed by atoms with van der Waals surface area (Å²) in [6, 6.07) is 15.7. The van der Waals surface area contributed by atoms with Crippen LogP contribution in [0, 0.1) is 17.8 Å². The van der Waals surface area contributed by atoms with Gasteiger partial charge in [-0.05, 0) is 84.9 Å². The number of phenols is 1. The van der Waals surface area contributed by atoms with Gasteiger partial charge in [-0.2, -0.15) is 26.3 Å². The Morgan fingerprint density at radius 1 is 0.940 bits per heavy atom. The molecule has 0 radical (unpaired) electrons. The van der Waals surface area contributed by atoms with Gasteiger partial charge in [-0.25, -0.2) is 4.90 Å². The van der Waals surface area contributed by atoms with Crippen molar-refractivity contribution in [3.8, 4) is 11.5 Å². The van der Waals surface area contributed by atoms with Crippen molar-refractivity contribution in [3.63, 3.8) is 0 Å². The molecule has 13 heteroatoms. The van der Waals surface area contributed by atoms with Crippen LogP contribution < -0.4 is 9.64 Å². The van der Waals surface area contributed by atoms with Gasteiger partial charge in [0.05, 0.1) is 41.4 Å². The lowest BCUT2D eigenvalue weighted by Gasteiger charge is -2.36. The lowest BCUT2D eigenvalue weighted by molar-refractivity contribution is -0.143. The minimum atomic E-state index is -5.21. The smallest absolute Gasteiger partial charge is 0.416 e. The second kappa shape index (κ2) is 14.7. The van der Waals surface area contributed by atoms with E-state index in [4.69, 9.17) is 4.74 Å². The number of nitrogens with zero attached hydrogens (tertiary/aromatic N) is 1. The van der Waals surface area contributed by atoms with Crippen LogP contribution in [-0.2, 0) is 21.9 Å². The first-order valence-corrected chi connectivity index (χ1v) is 16.0.